The van der Waals surface area contributed by atoms with Crippen LogP contribution in [0, 0.1) is 0 Å². The topological polar surface area (TPSA) is 27.7 Å². The average Bonchev–Trinajstić information content (AvgIpc) is 2.54. The van der Waals surface area contributed by atoms with Gasteiger partial charge in [0, 0.05) is 0 Å². The molecular formula is C21H37O3P. The smallest absolute Gasteiger partial charge is 0.397 e. The monoisotopic (exact) mass is 368 g/mol. The van der Waals surface area contributed by atoms with Crippen LogP contribution in [-0.2, 0) is 15.5 Å². The third-order valence-corrected chi connectivity index (χ3v) is 5.32. The van der Waals surface area contributed by atoms with E-state index in [0.717, 1.165) is 12.2 Å². The van der Waals surface area contributed by atoms with Gasteiger partial charge in [-0.15, -0.1) is 0 Å². The van der Waals surface area contributed by atoms with E-state index in [1.54, 1.807) is 0 Å². The Labute approximate surface area is 156 Å². The van der Waals surface area contributed by atoms with Crippen LogP contribution in [0.25, 0.3) is 0 Å². The first-order valence-electron chi connectivity index (χ1n) is 9.92. The first-order chi connectivity index (χ1) is 12.0. The first kappa shape index (κ1) is 22.4. The average molecular weight is 368 g/mol. The van der Waals surface area contributed by atoms with Gasteiger partial charge in [-0.1, -0.05) is 63.6 Å². The molecule has 0 aliphatic carbocycles. The van der Waals surface area contributed by atoms with Crippen molar-refractivity contribution in [3.8, 4) is 5.75 Å². The molecule has 1 rings (SSSR count). The number of hydrogen-bond donors (Lipinski definition) is 0. The van der Waals surface area contributed by atoms with E-state index >= 15 is 0 Å². The van der Waals surface area contributed by atoms with Crippen LogP contribution in [0.3, 0.4) is 0 Å². The van der Waals surface area contributed by atoms with Crippen LogP contribution in [0.2, 0.25) is 0 Å². The molecule has 144 valence electrons. The highest BCUT2D eigenvalue weighted by Gasteiger charge is 2.19. The summed E-state index contributed by atoms with van der Waals surface area (Å²) in [4.78, 5) is 0. The molecule has 0 aliphatic rings. The number of unbranched alkanes of at least 4 members (excludes halogenated alkanes) is 6. The van der Waals surface area contributed by atoms with E-state index in [-0.39, 0.29) is 12.2 Å². The zero-order valence-electron chi connectivity index (χ0n) is 16.8. The largest absolute Gasteiger partial charge is 0.426 e. The van der Waals surface area contributed by atoms with Crippen LogP contribution < -0.4 is 4.52 Å². The summed E-state index contributed by atoms with van der Waals surface area (Å²) in [6.45, 7) is 10.3. The second-order valence-electron chi connectivity index (χ2n) is 7.10. The molecule has 0 atom stereocenters. The van der Waals surface area contributed by atoms with Gasteiger partial charge in [0.25, 0.3) is 0 Å². The summed E-state index contributed by atoms with van der Waals surface area (Å²) >= 11 is 0. The minimum atomic E-state index is -1.36. The van der Waals surface area contributed by atoms with Gasteiger partial charge >= 0.3 is 8.60 Å². The van der Waals surface area contributed by atoms with Gasteiger partial charge in [-0.05, 0) is 52.2 Å². The van der Waals surface area contributed by atoms with Crippen molar-refractivity contribution in [3.05, 3.63) is 29.8 Å². The van der Waals surface area contributed by atoms with E-state index in [4.69, 9.17) is 13.6 Å². The molecule has 1 aromatic carbocycles. The van der Waals surface area contributed by atoms with Crippen LogP contribution in [0.15, 0.2) is 24.3 Å². The molecule has 0 amide bonds. The molecule has 0 saturated carbocycles. The van der Waals surface area contributed by atoms with E-state index in [1.807, 2.05) is 39.8 Å². The molecule has 0 radical (unpaired) electrons. The van der Waals surface area contributed by atoms with Gasteiger partial charge in [0.05, 0.1) is 12.2 Å². The lowest BCUT2D eigenvalue weighted by molar-refractivity contribution is 0.143. The summed E-state index contributed by atoms with van der Waals surface area (Å²) in [5.74, 6) is 0.904. The van der Waals surface area contributed by atoms with Gasteiger partial charge in [0.2, 0.25) is 0 Å². The van der Waals surface area contributed by atoms with Crippen LogP contribution >= 0.6 is 8.60 Å². The number of para-hydroxylation sites is 1. The Morgan fingerprint density at radius 2 is 1.36 bits per heavy atom. The van der Waals surface area contributed by atoms with Crippen molar-refractivity contribution in [1.82, 2.24) is 0 Å². The Balaban J connectivity index is 2.50. The van der Waals surface area contributed by atoms with Gasteiger partial charge < -0.3 is 4.52 Å². The fourth-order valence-corrected chi connectivity index (χ4v) is 3.73. The third kappa shape index (κ3) is 10.8. The second kappa shape index (κ2) is 13.6. The maximum absolute atomic E-state index is 6.10. The van der Waals surface area contributed by atoms with Gasteiger partial charge in [0.1, 0.15) is 5.75 Å². The van der Waals surface area contributed by atoms with Crippen molar-refractivity contribution in [3.63, 3.8) is 0 Å². The summed E-state index contributed by atoms with van der Waals surface area (Å²) in [6.07, 6.45) is 10.5. The molecule has 0 fully saturated rings. The minimum Gasteiger partial charge on any atom is -0.426 e. The number of rotatable bonds is 14. The Morgan fingerprint density at radius 1 is 0.800 bits per heavy atom. The van der Waals surface area contributed by atoms with Crippen LogP contribution in [0.5, 0.6) is 5.75 Å². The summed E-state index contributed by atoms with van der Waals surface area (Å²) < 4.78 is 17.7. The van der Waals surface area contributed by atoms with Crippen molar-refractivity contribution >= 4 is 8.60 Å². The van der Waals surface area contributed by atoms with Crippen molar-refractivity contribution in [1.29, 1.82) is 0 Å². The molecule has 0 bridgehead atoms. The lowest BCUT2D eigenvalue weighted by Gasteiger charge is -2.22. The molecule has 3 nitrogen and oxygen atoms in total. The highest BCUT2D eigenvalue weighted by atomic mass is 31.2. The zero-order chi connectivity index (χ0) is 18.5. The second-order valence-corrected chi connectivity index (χ2v) is 8.15. The van der Waals surface area contributed by atoms with Gasteiger partial charge in [-0.3, -0.25) is 9.05 Å². The maximum atomic E-state index is 6.10. The van der Waals surface area contributed by atoms with Crippen LogP contribution in [-0.4, -0.2) is 12.2 Å². The number of benzene rings is 1. The van der Waals surface area contributed by atoms with Crippen LogP contribution in [0.1, 0.15) is 85.1 Å². The maximum Gasteiger partial charge on any atom is 0.397 e. The Morgan fingerprint density at radius 3 is 1.96 bits per heavy atom. The van der Waals surface area contributed by atoms with Gasteiger partial charge in [-0.25, -0.2) is 0 Å². The Kier molecular flexibility index (Phi) is 12.2. The standard InChI is InChI=1S/C21H37O3P/c1-6-7-8-9-10-11-12-15-20-16-13-14-17-21(20)24-25(22-18(2)3)23-19(4)5/h13-14,16-19H,6-12,15H2,1-5H3. The molecule has 0 heterocycles. The number of aryl methyl sites for hydroxylation is 1. The van der Waals surface area contributed by atoms with Gasteiger partial charge in [-0.2, -0.15) is 0 Å². The number of hydrogen-bond acceptors (Lipinski definition) is 3. The molecule has 0 aliphatic heterocycles. The molecule has 0 N–H and O–H groups in total. The molecule has 4 heteroatoms. The van der Waals surface area contributed by atoms with E-state index in [1.165, 1.54) is 50.5 Å². The molecule has 0 aromatic heterocycles. The minimum absolute atomic E-state index is 0.0835. The highest BCUT2D eigenvalue weighted by Crippen LogP contribution is 2.44. The predicted octanol–water partition coefficient (Wildman–Crippen LogP) is 7.44. The molecule has 0 saturated heterocycles. The summed E-state index contributed by atoms with van der Waals surface area (Å²) in [5, 5.41) is 0. The van der Waals surface area contributed by atoms with Crippen molar-refractivity contribution in [2.24, 2.45) is 0 Å². The lowest BCUT2D eigenvalue weighted by Crippen LogP contribution is -2.08. The van der Waals surface area contributed by atoms with E-state index in [0.29, 0.717) is 0 Å². The van der Waals surface area contributed by atoms with Crippen LogP contribution in [0.4, 0.5) is 0 Å². The molecule has 0 unspecified atom stereocenters. The Bertz CT molecular complexity index is 439. The Hall–Kier alpha value is -0.630. The SMILES string of the molecule is CCCCCCCCCc1ccccc1OP(OC(C)C)OC(C)C. The summed E-state index contributed by atoms with van der Waals surface area (Å²) in [7, 11) is -1.36. The first-order valence-corrected chi connectivity index (χ1v) is 11.0. The lowest BCUT2D eigenvalue weighted by atomic mass is 10.0. The van der Waals surface area contributed by atoms with E-state index in [9.17, 15) is 0 Å². The van der Waals surface area contributed by atoms with Crippen molar-refractivity contribution in [2.45, 2.75) is 98.2 Å². The summed E-state index contributed by atoms with van der Waals surface area (Å²) in [5.41, 5.74) is 1.25. The normalized spacial score (nSPS) is 11.7. The summed E-state index contributed by atoms with van der Waals surface area (Å²) in [6, 6.07) is 8.28. The fourth-order valence-electron chi connectivity index (χ4n) is 2.56. The van der Waals surface area contributed by atoms with Crippen molar-refractivity contribution < 1.29 is 13.6 Å². The van der Waals surface area contributed by atoms with Crippen molar-refractivity contribution in [2.75, 3.05) is 0 Å². The zero-order valence-corrected chi connectivity index (χ0v) is 17.7. The van der Waals surface area contributed by atoms with Gasteiger partial charge in [0.15, 0.2) is 0 Å². The molecule has 0 spiro atoms. The molecular weight excluding hydrogens is 331 g/mol. The third-order valence-electron chi connectivity index (χ3n) is 3.79. The van der Waals surface area contributed by atoms with E-state index < -0.39 is 8.60 Å². The quantitative estimate of drug-likeness (QED) is 0.252. The molecule has 1 aromatic rings. The fraction of sp³-hybridized carbons (Fsp3) is 0.714. The van der Waals surface area contributed by atoms with E-state index in [2.05, 4.69) is 19.1 Å². The molecule has 25 heavy (non-hydrogen) atoms. The predicted molar refractivity (Wildman–Crippen MR) is 108 cm³/mol. The highest BCUT2D eigenvalue weighted by molar-refractivity contribution is 7.42.